The minimum absolute atomic E-state index is 0.168. The lowest BCUT2D eigenvalue weighted by atomic mass is 10.2. The fraction of sp³-hybridized carbons (Fsp3) is 0.125. The first-order chi connectivity index (χ1) is 7.11. The van der Waals surface area contributed by atoms with Crippen LogP contribution in [0.15, 0.2) is 12.3 Å². The van der Waals surface area contributed by atoms with Crippen LogP contribution >= 0.6 is 0 Å². The summed E-state index contributed by atoms with van der Waals surface area (Å²) in [6, 6.07) is 1.43. The van der Waals surface area contributed by atoms with Gasteiger partial charge in [0.05, 0.1) is 4.92 Å². The van der Waals surface area contributed by atoms with E-state index < -0.39 is 4.92 Å². The molecule has 1 rings (SSSR count). The van der Waals surface area contributed by atoms with Crippen molar-refractivity contribution < 1.29 is 14.5 Å². The van der Waals surface area contributed by atoms with Crippen molar-refractivity contribution in [1.29, 1.82) is 0 Å². The van der Waals surface area contributed by atoms with Gasteiger partial charge in [0.2, 0.25) is 18.6 Å². The second kappa shape index (κ2) is 4.27. The van der Waals surface area contributed by atoms with Gasteiger partial charge in [-0.2, -0.15) is 0 Å². The van der Waals surface area contributed by atoms with Gasteiger partial charge < -0.3 is 0 Å². The van der Waals surface area contributed by atoms with Crippen LogP contribution in [0.25, 0.3) is 0 Å². The number of carbonyl (C=O) groups is 2. The van der Waals surface area contributed by atoms with E-state index in [0.29, 0.717) is 10.5 Å². The Morgan fingerprint density at radius 2 is 2.07 bits per heavy atom. The Hall–Kier alpha value is -2.31. The van der Waals surface area contributed by atoms with Crippen LogP contribution in [0.3, 0.4) is 0 Å². The number of imide groups is 1. The number of aromatic nitrogens is 1. The first-order valence-corrected chi connectivity index (χ1v) is 3.90. The molecular formula is C8H7N3O4. The van der Waals surface area contributed by atoms with Crippen molar-refractivity contribution in [2.24, 2.45) is 0 Å². The molecule has 0 atom stereocenters. The summed E-state index contributed by atoms with van der Waals surface area (Å²) in [4.78, 5) is 35.1. The minimum atomic E-state index is -0.683. The summed E-state index contributed by atoms with van der Waals surface area (Å²) in [6.07, 6.45) is 1.63. The van der Waals surface area contributed by atoms with E-state index in [1.807, 2.05) is 0 Å². The number of anilines is 1. The molecule has 0 saturated carbocycles. The Morgan fingerprint density at radius 3 is 2.53 bits per heavy atom. The number of hydrogen-bond donors (Lipinski definition) is 0. The topological polar surface area (TPSA) is 93.4 Å². The maximum atomic E-state index is 10.7. The van der Waals surface area contributed by atoms with Crippen molar-refractivity contribution in [2.45, 2.75) is 6.92 Å². The first-order valence-electron chi connectivity index (χ1n) is 3.90. The van der Waals surface area contributed by atoms with E-state index in [4.69, 9.17) is 0 Å². The molecular weight excluding hydrogens is 202 g/mol. The van der Waals surface area contributed by atoms with Crippen molar-refractivity contribution in [3.05, 3.63) is 27.9 Å². The molecule has 1 aromatic heterocycles. The van der Waals surface area contributed by atoms with Gasteiger partial charge in [0.1, 0.15) is 0 Å². The van der Waals surface area contributed by atoms with Crippen LogP contribution in [-0.2, 0) is 9.59 Å². The third-order valence-electron chi connectivity index (χ3n) is 1.76. The van der Waals surface area contributed by atoms with Crippen LogP contribution in [0.4, 0.5) is 11.5 Å². The zero-order chi connectivity index (χ0) is 11.4. The average molecular weight is 209 g/mol. The first kappa shape index (κ1) is 10.8. The number of rotatable bonds is 4. The van der Waals surface area contributed by atoms with Gasteiger partial charge in [-0.05, 0) is 13.0 Å². The average Bonchev–Trinajstić information content (AvgIpc) is 2.19. The number of carbonyl (C=O) groups excluding carboxylic acids is 2. The predicted octanol–water partition coefficient (Wildman–Crippen LogP) is 0.417. The molecule has 0 aromatic carbocycles. The molecule has 0 N–H and O–H groups in total. The van der Waals surface area contributed by atoms with E-state index in [0.717, 1.165) is 0 Å². The van der Waals surface area contributed by atoms with Gasteiger partial charge in [0.25, 0.3) is 0 Å². The van der Waals surface area contributed by atoms with Crippen LogP contribution in [0.2, 0.25) is 0 Å². The van der Waals surface area contributed by atoms with Crippen molar-refractivity contribution in [2.75, 3.05) is 4.90 Å². The van der Waals surface area contributed by atoms with Gasteiger partial charge in [-0.25, -0.2) is 9.88 Å². The van der Waals surface area contributed by atoms with E-state index >= 15 is 0 Å². The smallest absolute Gasteiger partial charge is 0.278 e. The van der Waals surface area contributed by atoms with Crippen LogP contribution < -0.4 is 4.90 Å². The fourth-order valence-electron chi connectivity index (χ4n) is 1.08. The van der Waals surface area contributed by atoms with Crippen molar-refractivity contribution in [3.63, 3.8) is 0 Å². The van der Waals surface area contributed by atoms with Gasteiger partial charge in [-0.15, -0.1) is 0 Å². The van der Waals surface area contributed by atoms with Crippen molar-refractivity contribution in [3.8, 4) is 0 Å². The van der Waals surface area contributed by atoms with E-state index in [1.54, 1.807) is 0 Å². The standard InChI is InChI=1S/C8H7N3O4/c1-6-2-3-9-8(7(6)11(14)15)10(4-12)5-13/h2-5H,1H3. The highest BCUT2D eigenvalue weighted by Crippen LogP contribution is 2.27. The number of pyridine rings is 1. The van der Waals surface area contributed by atoms with Crippen LogP contribution in [-0.4, -0.2) is 22.7 Å². The van der Waals surface area contributed by atoms with Crippen LogP contribution in [0, 0.1) is 17.0 Å². The monoisotopic (exact) mass is 209 g/mol. The van der Waals surface area contributed by atoms with E-state index in [-0.39, 0.29) is 24.3 Å². The van der Waals surface area contributed by atoms with Gasteiger partial charge >= 0.3 is 5.69 Å². The SMILES string of the molecule is Cc1ccnc(N(C=O)C=O)c1[N+](=O)[O-]. The molecule has 0 fully saturated rings. The highest BCUT2D eigenvalue weighted by atomic mass is 16.6. The predicted molar refractivity (Wildman–Crippen MR) is 50.2 cm³/mol. The summed E-state index contributed by atoms with van der Waals surface area (Å²) < 4.78 is 0. The fourth-order valence-corrected chi connectivity index (χ4v) is 1.08. The van der Waals surface area contributed by atoms with Crippen molar-refractivity contribution >= 4 is 24.3 Å². The molecule has 0 aliphatic heterocycles. The molecule has 7 heteroatoms. The molecule has 2 amide bonds. The van der Waals surface area contributed by atoms with Gasteiger partial charge in [-0.3, -0.25) is 19.7 Å². The highest BCUT2D eigenvalue weighted by molar-refractivity contribution is 5.96. The molecule has 0 unspecified atom stereocenters. The molecule has 0 spiro atoms. The maximum Gasteiger partial charge on any atom is 0.315 e. The lowest BCUT2D eigenvalue weighted by Gasteiger charge is -2.08. The van der Waals surface area contributed by atoms with Gasteiger partial charge in [0.15, 0.2) is 0 Å². The molecule has 1 aromatic rings. The summed E-state index contributed by atoms with van der Waals surface area (Å²) >= 11 is 0. The van der Waals surface area contributed by atoms with Gasteiger partial charge in [-0.1, -0.05) is 0 Å². The van der Waals surface area contributed by atoms with E-state index in [9.17, 15) is 19.7 Å². The number of nitro groups is 1. The van der Waals surface area contributed by atoms with E-state index in [1.165, 1.54) is 19.2 Å². The minimum Gasteiger partial charge on any atom is -0.278 e. The zero-order valence-corrected chi connectivity index (χ0v) is 7.78. The molecule has 7 nitrogen and oxygen atoms in total. The van der Waals surface area contributed by atoms with Gasteiger partial charge in [0, 0.05) is 11.8 Å². The lowest BCUT2D eigenvalue weighted by molar-refractivity contribution is -0.384. The Bertz CT molecular complexity index is 410. The largest absolute Gasteiger partial charge is 0.315 e. The zero-order valence-electron chi connectivity index (χ0n) is 7.78. The number of hydrogen-bond acceptors (Lipinski definition) is 5. The summed E-state index contributed by atoms with van der Waals surface area (Å²) in [5.41, 5.74) is -0.0181. The van der Waals surface area contributed by atoms with Crippen LogP contribution in [0.5, 0.6) is 0 Å². The molecule has 78 valence electrons. The lowest BCUT2D eigenvalue weighted by Crippen LogP contribution is -2.21. The molecule has 0 saturated heterocycles. The summed E-state index contributed by atoms with van der Waals surface area (Å²) in [7, 11) is 0. The number of aryl methyl sites for hydroxylation is 1. The normalized spacial score (nSPS) is 9.40. The maximum absolute atomic E-state index is 10.7. The molecule has 0 radical (unpaired) electrons. The van der Waals surface area contributed by atoms with E-state index in [2.05, 4.69) is 4.98 Å². The Morgan fingerprint density at radius 1 is 1.47 bits per heavy atom. The number of amides is 2. The molecule has 15 heavy (non-hydrogen) atoms. The summed E-state index contributed by atoms with van der Waals surface area (Å²) in [5, 5.41) is 10.7. The highest BCUT2D eigenvalue weighted by Gasteiger charge is 2.22. The Balaban J connectivity index is 3.39. The second-order valence-corrected chi connectivity index (χ2v) is 2.68. The van der Waals surface area contributed by atoms with Crippen LogP contribution in [0.1, 0.15) is 5.56 Å². The molecule has 0 aliphatic carbocycles. The molecule has 0 bridgehead atoms. The number of nitrogens with zero attached hydrogens (tertiary/aromatic N) is 3. The molecule has 1 heterocycles. The summed E-state index contributed by atoms with van der Waals surface area (Å²) in [5.74, 6) is -0.273. The summed E-state index contributed by atoms with van der Waals surface area (Å²) in [6.45, 7) is 1.50. The van der Waals surface area contributed by atoms with Crippen molar-refractivity contribution in [1.82, 2.24) is 4.98 Å². The third-order valence-corrected chi connectivity index (χ3v) is 1.76. The quantitative estimate of drug-likeness (QED) is 0.407. The Labute approximate surface area is 84.5 Å². The Kier molecular flexibility index (Phi) is 3.06. The third kappa shape index (κ3) is 1.96. The second-order valence-electron chi connectivity index (χ2n) is 2.68. The molecule has 0 aliphatic rings.